The van der Waals surface area contributed by atoms with E-state index in [2.05, 4.69) is 84.3 Å². The Hall–Kier alpha value is -4.18. The van der Waals surface area contributed by atoms with Crippen LogP contribution in [0.25, 0.3) is 55.2 Å². The maximum absolute atomic E-state index is 6.28. The summed E-state index contributed by atoms with van der Waals surface area (Å²) < 4.78 is 6.28. The molecule has 40 heavy (non-hydrogen) atoms. The first-order chi connectivity index (χ1) is 19.0. The molecule has 4 heterocycles. The Bertz CT molecular complexity index is 1940. The third-order valence-corrected chi connectivity index (χ3v) is 6.97. The summed E-state index contributed by atoms with van der Waals surface area (Å²) in [6, 6.07) is 30.9. The summed E-state index contributed by atoms with van der Waals surface area (Å²) in [5, 5.41) is 4.33. The molecular formula is C35H27IrN3O-2. The first kappa shape index (κ1) is 27.4. The van der Waals surface area contributed by atoms with Crippen LogP contribution < -0.4 is 0 Å². The molecule has 0 aliphatic rings. The van der Waals surface area contributed by atoms with Crippen molar-refractivity contribution in [2.45, 2.75) is 27.7 Å². The van der Waals surface area contributed by atoms with Crippen molar-refractivity contribution in [2.24, 2.45) is 0 Å². The second kappa shape index (κ2) is 11.5. The van der Waals surface area contributed by atoms with E-state index in [1.807, 2.05) is 55.7 Å². The minimum absolute atomic E-state index is 0. The van der Waals surface area contributed by atoms with Crippen molar-refractivity contribution in [1.29, 1.82) is 0 Å². The van der Waals surface area contributed by atoms with Crippen LogP contribution in [-0.2, 0) is 20.1 Å². The molecule has 5 heteroatoms. The fraction of sp³-hybridized carbons (Fsp3) is 0.114. The normalized spacial score (nSPS) is 10.8. The fourth-order valence-corrected chi connectivity index (χ4v) is 4.66. The predicted octanol–water partition coefficient (Wildman–Crippen LogP) is 8.78. The van der Waals surface area contributed by atoms with Crippen molar-refractivity contribution < 1.29 is 24.5 Å². The number of furan rings is 1. The summed E-state index contributed by atoms with van der Waals surface area (Å²) in [6.45, 7) is 8.24. The van der Waals surface area contributed by atoms with Crippen LogP contribution in [0.5, 0.6) is 0 Å². The van der Waals surface area contributed by atoms with E-state index in [-0.39, 0.29) is 20.1 Å². The van der Waals surface area contributed by atoms with Gasteiger partial charge in [0.2, 0.25) is 0 Å². The Morgan fingerprint density at radius 2 is 1.52 bits per heavy atom. The number of pyridine rings is 3. The van der Waals surface area contributed by atoms with Crippen molar-refractivity contribution in [3.05, 3.63) is 126 Å². The molecule has 0 bridgehead atoms. The predicted molar refractivity (Wildman–Crippen MR) is 159 cm³/mol. The number of nitrogens with zero attached hydrogens (tertiary/aromatic N) is 3. The quantitative estimate of drug-likeness (QED) is 0.170. The van der Waals surface area contributed by atoms with Gasteiger partial charge in [0.15, 0.2) is 0 Å². The molecule has 0 saturated heterocycles. The van der Waals surface area contributed by atoms with Crippen LogP contribution in [0.1, 0.15) is 22.4 Å². The van der Waals surface area contributed by atoms with Crippen LogP contribution in [0, 0.1) is 39.8 Å². The Morgan fingerprint density at radius 3 is 2.27 bits per heavy atom. The molecule has 0 amide bonds. The molecule has 4 aromatic heterocycles. The van der Waals surface area contributed by atoms with Crippen molar-refractivity contribution in [3.8, 4) is 22.5 Å². The summed E-state index contributed by atoms with van der Waals surface area (Å²) in [5.74, 6) is 0. The minimum Gasteiger partial charge on any atom is -0.500 e. The van der Waals surface area contributed by atoms with E-state index in [4.69, 9.17) is 4.42 Å². The van der Waals surface area contributed by atoms with E-state index >= 15 is 0 Å². The number of fused-ring (bicyclic) bond motifs is 5. The van der Waals surface area contributed by atoms with Crippen LogP contribution in [0.15, 0.2) is 95.8 Å². The summed E-state index contributed by atoms with van der Waals surface area (Å²) >= 11 is 0. The number of aryl methyl sites for hydroxylation is 4. The zero-order valence-electron chi connectivity index (χ0n) is 22.7. The molecule has 3 aromatic carbocycles. The van der Waals surface area contributed by atoms with Gasteiger partial charge in [0.1, 0.15) is 5.58 Å². The van der Waals surface area contributed by atoms with E-state index in [9.17, 15) is 0 Å². The monoisotopic (exact) mass is 698 g/mol. The van der Waals surface area contributed by atoms with E-state index in [0.29, 0.717) is 0 Å². The topological polar surface area (TPSA) is 51.8 Å². The molecular weight excluding hydrogens is 671 g/mol. The van der Waals surface area contributed by atoms with Gasteiger partial charge in [-0.1, -0.05) is 53.8 Å². The zero-order chi connectivity index (χ0) is 26.9. The second-order valence-electron chi connectivity index (χ2n) is 9.84. The van der Waals surface area contributed by atoms with Gasteiger partial charge in [-0.3, -0.25) is 4.98 Å². The standard InChI is InChI=1S/C21H13N2O.C14H14N.Ir/c1-13-11-14-8-9-16-15-5-4-6-17(19-7-2-3-10-22-19)20(15)24-21(16)18(14)12-23-13;1-10-4-6-13(7-5-10)14-8-11(2)12(3)9-15-14;/h2-5,7-12H,1H3;4-6,8-9H,1-3H3;/q2*-1;. The minimum atomic E-state index is 0. The molecule has 0 aliphatic carbocycles. The van der Waals surface area contributed by atoms with Crippen LogP contribution in [0.2, 0.25) is 0 Å². The van der Waals surface area contributed by atoms with Gasteiger partial charge in [-0.25, -0.2) is 0 Å². The van der Waals surface area contributed by atoms with Gasteiger partial charge in [0.05, 0.1) is 5.58 Å². The second-order valence-corrected chi connectivity index (χ2v) is 9.84. The molecule has 0 atom stereocenters. The maximum atomic E-state index is 6.28. The Labute approximate surface area is 247 Å². The SMILES string of the molecule is Cc1c[c-]c(-c2cc(C)c(C)cn2)cc1.Cc1cc2ccc3c4cc[c-]c(-c5ccccn5)c4oc3c2cn1.[Ir]. The molecule has 0 saturated carbocycles. The number of rotatable bonds is 2. The van der Waals surface area contributed by atoms with Gasteiger partial charge in [-0.2, -0.15) is 0 Å². The van der Waals surface area contributed by atoms with Gasteiger partial charge in [-0.15, -0.1) is 53.6 Å². The third kappa shape index (κ3) is 5.31. The smallest absolute Gasteiger partial charge is 0.130 e. The molecule has 199 valence electrons. The van der Waals surface area contributed by atoms with Crippen LogP contribution in [0.4, 0.5) is 0 Å². The van der Waals surface area contributed by atoms with E-state index in [1.54, 1.807) is 6.20 Å². The fourth-order valence-electron chi connectivity index (χ4n) is 4.66. The average Bonchev–Trinajstić information content (AvgIpc) is 3.35. The Morgan fingerprint density at radius 1 is 0.675 bits per heavy atom. The Kier molecular flexibility index (Phi) is 7.88. The van der Waals surface area contributed by atoms with Gasteiger partial charge in [0, 0.05) is 55.2 Å². The molecule has 0 aliphatic heterocycles. The molecule has 7 rings (SSSR count). The molecule has 0 N–H and O–H groups in total. The molecule has 1 radical (unpaired) electrons. The Balaban J connectivity index is 0.000000175. The summed E-state index contributed by atoms with van der Waals surface area (Å²) in [6.07, 6.45) is 5.59. The van der Waals surface area contributed by atoms with Crippen molar-refractivity contribution in [1.82, 2.24) is 15.0 Å². The van der Waals surface area contributed by atoms with Gasteiger partial charge >= 0.3 is 0 Å². The molecule has 0 spiro atoms. The largest absolute Gasteiger partial charge is 0.500 e. The number of benzene rings is 3. The first-order valence-electron chi connectivity index (χ1n) is 12.9. The maximum Gasteiger partial charge on any atom is 0.130 e. The van der Waals surface area contributed by atoms with Crippen molar-refractivity contribution in [3.63, 3.8) is 0 Å². The zero-order valence-corrected chi connectivity index (χ0v) is 25.1. The third-order valence-electron chi connectivity index (χ3n) is 6.97. The van der Waals surface area contributed by atoms with Crippen LogP contribution in [0.3, 0.4) is 0 Å². The average molecular weight is 698 g/mol. The number of hydrogen-bond acceptors (Lipinski definition) is 4. The van der Waals surface area contributed by atoms with Gasteiger partial charge < -0.3 is 14.4 Å². The van der Waals surface area contributed by atoms with Crippen LogP contribution in [-0.4, -0.2) is 15.0 Å². The molecule has 4 nitrogen and oxygen atoms in total. The first-order valence-corrected chi connectivity index (χ1v) is 12.9. The van der Waals surface area contributed by atoms with Crippen molar-refractivity contribution in [2.75, 3.05) is 0 Å². The van der Waals surface area contributed by atoms with E-state index in [1.165, 1.54) is 16.7 Å². The summed E-state index contributed by atoms with van der Waals surface area (Å²) in [4.78, 5) is 13.3. The van der Waals surface area contributed by atoms with Crippen molar-refractivity contribution >= 4 is 32.7 Å². The summed E-state index contributed by atoms with van der Waals surface area (Å²) in [5.41, 5.74) is 10.2. The van der Waals surface area contributed by atoms with Gasteiger partial charge in [-0.05, 0) is 55.2 Å². The molecule has 7 aromatic rings. The van der Waals surface area contributed by atoms with E-state index < -0.39 is 0 Å². The molecule has 0 fully saturated rings. The number of aromatic nitrogens is 3. The summed E-state index contributed by atoms with van der Waals surface area (Å²) in [7, 11) is 0. The molecule has 0 unspecified atom stereocenters. The van der Waals surface area contributed by atoms with Gasteiger partial charge in [0.25, 0.3) is 0 Å². The van der Waals surface area contributed by atoms with E-state index in [0.717, 1.165) is 60.9 Å². The van der Waals surface area contributed by atoms with Crippen LogP contribution >= 0.6 is 0 Å². The number of hydrogen-bond donors (Lipinski definition) is 0.